The lowest BCUT2D eigenvalue weighted by molar-refractivity contribution is 0.475. The molecular formula is C11H13N3O. The van der Waals surface area contributed by atoms with Gasteiger partial charge in [0.25, 0.3) is 0 Å². The van der Waals surface area contributed by atoms with E-state index in [0.29, 0.717) is 0 Å². The number of aromatic amines is 1. The van der Waals surface area contributed by atoms with E-state index in [0.717, 1.165) is 23.5 Å². The average Bonchev–Trinajstić information content (AvgIpc) is 2.63. The van der Waals surface area contributed by atoms with Crippen LogP contribution in [0, 0.1) is 6.92 Å². The van der Waals surface area contributed by atoms with Gasteiger partial charge in [-0.25, -0.2) is 0 Å². The molecule has 4 nitrogen and oxygen atoms in total. The molecule has 2 aromatic rings. The molecule has 1 aromatic heterocycles. The van der Waals surface area contributed by atoms with Gasteiger partial charge in [-0.15, -0.1) is 0 Å². The number of aryl methyl sites for hydroxylation is 1. The summed E-state index contributed by atoms with van der Waals surface area (Å²) in [7, 11) is 0. The number of rotatable bonds is 3. The molecule has 15 heavy (non-hydrogen) atoms. The van der Waals surface area contributed by atoms with Gasteiger partial charge in [-0.3, -0.25) is 5.10 Å². The molecule has 0 saturated carbocycles. The summed E-state index contributed by atoms with van der Waals surface area (Å²) in [5, 5.41) is 19.2. The molecule has 0 aliphatic rings. The highest BCUT2D eigenvalue weighted by molar-refractivity contribution is 5.46. The van der Waals surface area contributed by atoms with Crippen LogP contribution in [0.15, 0.2) is 30.5 Å². The zero-order chi connectivity index (χ0) is 10.7. The van der Waals surface area contributed by atoms with Crippen LogP contribution >= 0.6 is 0 Å². The van der Waals surface area contributed by atoms with Gasteiger partial charge in [0, 0.05) is 23.5 Å². The van der Waals surface area contributed by atoms with Gasteiger partial charge in [-0.2, -0.15) is 5.10 Å². The second kappa shape index (κ2) is 4.04. The summed E-state index contributed by atoms with van der Waals surface area (Å²) in [5.74, 6) is 0.278. The van der Waals surface area contributed by atoms with Gasteiger partial charge < -0.3 is 10.4 Å². The van der Waals surface area contributed by atoms with Crippen LogP contribution in [0.1, 0.15) is 11.3 Å². The molecule has 0 fully saturated rings. The fourth-order valence-electron chi connectivity index (χ4n) is 1.33. The van der Waals surface area contributed by atoms with Gasteiger partial charge in [-0.1, -0.05) is 0 Å². The highest BCUT2D eigenvalue weighted by Crippen LogP contribution is 2.15. The molecule has 4 heteroatoms. The maximum atomic E-state index is 9.11. The summed E-state index contributed by atoms with van der Waals surface area (Å²) in [6.07, 6.45) is 1.81. The van der Waals surface area contributed by atoms with E-state index in [9.17, 15) is 0 Å². The highest BCUT2D eigenvalue weighted by atomic mass is 16.3. The quantitative estimate of drug-likeness (QED) is 0.669. The minimum Gasteiger partial charge on any atom is -0.508 e. The van der Waals surface area contributed by atoms with E-state index in [1.807, 2.05) is 25.3 Å². The third-order valence-corrected chi connectivity index (χ3v) is 2.28. The Morgan fingerprint density at radius 1 is 1.33 bits per heavy atom. The summed E-state index contributed by atoms with van der Waals surface area (Å²) in [6, 6.07) is 6.99. The van der Waals surface area contributed by atoms with Crippen molar-refractivity contribution in [1.29, 1.82) is 0 Å². The first-order valence-electron chi connectivity index (χ1n) is 4.77. The number of H-pyrrole nitrogens is 1. The second-order valence-corrected chi connectivity index (χ2v) is 3.42. The van der Waals surface area contributed by atoms with E-state index < -0.39 is 0 Å². The zero-order valence-electron chi connectivity index (χ0n) is 8.49. The largest absolute Gasteiger partial charge is 0.508 e. The fourth-order valence-corrected chi connectivity index (χ4v) is 1.33. The molecule has 78 valence electrons. The van der Waals surface area contributed by atoms with Crippen LogP contribution in [0.2, 0.25) is 0 Å². The number of aromatic hydroxyl groups is 1. The van der Waals surface area contributed by atoms with E-state index in [4.69, 9.17) is 5.11 Å². The van der Waals surface area contributed by atoms with Crippen LogP contribution in [0.25, 0.3) is 0 Å². The van der Waals surface area contributed by atoms with Crippen LogP contribution in [-0.4, -0.2) is 15.3 Å². The lowest BCUT2D eigenvalue weighted by Crippen LogP contribution is -1.99. The first kappa shape index (κ1) is 9.58. The Labute approximate surface area is 88.0 Å². The van der Waals surface area contributed by atoms with Crippen LogP contribution in [0.3, 0.4) is 0 Å². The zero-order valence-corrected chi connectivity index (χ0v) is 8.49. The Hall–Kier alpha value is -1.97. The van der Waals surface area contributed by atoms with E-state index in [2.05, 4.69) is 15.5 Å². The molecule has 0 spiro atoms. The van der Waals surface area contributed by atoms with Gasteiger partial charge >= 0.3 is 0 Å². The van der Waals surface area contributed by atoms with Crippen LogP contribution in [0.4, 0.5) is 5.69 Å². The SMILES string of the molecule is Cc1[nH]ncc1CNc1ccc(O)cc1. The molecule has 0 unspecified atom stereocenters. The van der Waals surface area contributed by atoms with Crippen LogP contribution in [-0.2, 0) is 6.54 Å². The molecule has 0 bridgehead atoms. The number of hydrogen-bond acceptors (Lipinski definition) is 3. The van der Waals surface area contributed by atoms with Crippen molar-refractivity contribution >= 4 is 5.69 Å². The summed E-state index contributed by atoms with van der Waals surface area (Å²) < 4.78 is 0. The van der Waals surface area contributed by atoms with Crippen LogP contribution in [0.5, 0.6) is 5.75 Å². The molecule has 0 aliphatic carbocycles. The minimum absolute atomic E-state index is 0.278. The van der Waals surface area contributed by atoms with Crippen molar-refractivity contribution in [1.82, 2.24) is 10.2 Å². The normalized spacial score (nSPS) is 10.2. The number of phenolic OH excluding ortho intramolecular Hbond substituents is 1. The Kier molecular flexibility index (Phi) is 2.58. The summed E-state index contributed by atoms with van der Waals surface area (Å²) >= 11 is 0. The van der Waals surface area contributed by atoms with Crippen molar-refractivity contribution in [3.05, 3.63) is 41.7 Å². The molecule has 1 heterocycles. The number of aromatic nitrogens is 2. The molecule has 2 rings (SSSR count). The topological polar surface area (TPSA) is 60.9 Å². The third-order valence-electron chi connectivity index (χ3n) is 2.28. The maximum absolute atomic E-state index is 9.11. The number of phenols is 1. The second-order valence-electron chi connectivity index (χ2n) is 3.42. The molecule has 0 amide bonds. The monoisotopic (exact) mass is 203 g/mol. The predicted molar refractivity (Wildman–Crippen MR) is 58.8 cm³/mol. The van der Waals surface area contributed by atoms with Gasteiger partial charge in [0.05, 0.1) is 6.20 Å². The van der Waals surface area contributed by atoms with Crippen molar-refractivity contribution in [3.8, 4) is 5.75 Å². The number of benzene rings is 1. The summed E-state index contributed by atoms with van der Waals surface area (Å²) in [6.45, 7) is 2.72. The van der Waals surface area contributed by atoms with Gasteiger partial charge in [0.15, 0.2) is 0 Å². The maximum Gasteiger partial charge on any atom is 0.115 e. The average molecular weight is 203 g/mol. The number of anilines is 1. The Balaban J connectivity index is 1.99. The van der Waals surface area contributed by atoms with Crippen molar-refractivity contribution in [2.45, 2.75) is 13.5 Å². The molecule has 1 aromatic carbocycles. The first-order valence-corrected chi connectivity index (χ1v) is 4.77. The predicted octanol–water partition coefficient (Wildman–Crippen LogP) is 2.04. The molecular weight excluding hydrogens is 190 g/mol. The lowest BCUT2D eigenvalue weighted by atomic mass is 10.2. The van der Waals surface area contributed by atoms with Crippen molar-refractivity contribution in [3.63, 3.8) is 0 Å². The standard InChI is InChI=1S/C11H13N3O/c1-8-9(7-13-14-8)6-12-10-2-4-11(15)5-3-10/h2-5,7,12,15H,6H2,1H3,(H,13,14). The minimum atomic E-state index is 0.278. The van der Waals surface area contributed by atoms with Gasteiger partial charge in [-0.05, 0) is 31.2 Å². The Morgan fingerprint density at radius 2 is 2.07 bits per heavy atom. The Bertz CT molecular complexity index is 433. The Morgan fingerprint density at radius 3 is 2.67 bits per heavy atom. The molecule has 0 saturated heterocycles. The summed E-state index contributed by atoms with van der Waals surface area (Å²) in [5.41, 5.74) is 3.19. The molecule has 0 radical (unpaired) electrons. The van der Waals surface area contributed by atoms with E-state index in [1.165, 1.54) is 0 Å². The van der Waals surface area contributed by atoms with Crippen molar-refractivity contribution in [2.75, 3.05) is 5.32 Å². The van der Waals surface area contributed by atoms with Crippen molar-refractivity contribution in [2.24, 2.45) is 0 Å². The number of hydrogen-bond donors (Lipinski definition) is 3. The highest BCUT2D eigenvalue weighted by Gasteiger charge is 1.99. The third kappa shape index (κ3) is 2.28. The lowest BCUT2D eigenvalue weighted by Gasteiger charge is -2.05. The number of nitrogens with one attached hydrogen (secondary N) is 2. The molecule has 3 N–H and O–H groups in total. The van der Waals surface area contributed by atoms with E-state index in [-0.39, 0.29) is 5.75 Å². The van der Waals surface area contributed by atoms with E-state index >= 15 is 0 Å². The molecule has 0 aliphatic heterocycles. The van der Waals surface area contributed by atoms with E-state index in [1.54, 1.807) is 12.1 Å². The van der Waals surface area contributed by atoms with Gasteiger partial charge in [0.2, 0.25) is 0 Å². The summed E-state index contributed by atoms with van der Waals surface area (Å²) in [4.78, 5) is 0. The fraction of sp³-hybridized carbons (Fsp3) is 0.182. The molecule has 0 atom stereocenters. The first-order chi connectivity index (χ1) is 7.25. The van der Waals surface area contributed by atoms with Crippen molar-refractivity contribution < 1.29 is 5.11 Å². The smallest absolute Gasteiger partial charge is 0.115 e. The number of nitrogens with zero attached hydrogens (tertiary/aromatic N) is 1. The van der Waals surface area contributed by atoms with Crippen LogP contribution < -0.4 is 5.32 Å². The van der Waals surface area contributed by atoms with Gasteiger partial charge in [0.1, 0.15) is 5.75 Å².